The molecular weight excluding hydrogens is 238 g/mol. The molecule has 2 aliphatic rings. The molecule has 0 amide bonds. The summed E-state index contributed by atoms with van der Waals surface area (Å²) in [6.45, 7) is 8.34. The van der Waals surface area contributed by atoms with E-state index in [2.05, 4.69) is 62.1 Å². The van der Waals surface area contributed by atoms with Gasteiger partial charge < -0.3 is 5.32 Å². The van der Waals surface area contributed by atoms with Crippen molar-refractivity contribution in [2.45, 2.75) is 55.6 Å². The van der Waals surface area contributed by atoms with Gasteiger partial charge in [0.1, 0.15) is 0 Å². The lowest BCUT2D eigenvalue weighted by Crippen LogP contribution is -2.40. The van der Waals surface area contributed by atoms with Crippen LogP contribution in [0.4, 0.5) is 0 Å². The average molecular weight is 261 g/mol. The third-order valence-corrected chi connectivity index (χ3v) is 5.92. The zero-order chi connectivity index (χ0) is 12.8. The van der Waals surface area contributed by atoms with Crippen LogP contribution < -0.4 is 5.32 Å². The van der Waals surface area contributed by atoms with Gasteiger partial charge in [0, 0.05) is 16.5 Å². The highest BCUT2D eigenvalue weighted by Gasteiger charge is 2.40. The number of fused-ring (bicyclic) bond motifs is 3. The maximum Gasteiger partial charge on any atom is 0.0443 e. The van der Waals surface area contributed by atoms with E-state index >= 15 is 0 Å². The zero-order valence-electron chi connectivity index (χ0n) is 11.6. The average Bonchev–Trinajstić information content (AvgIpc) is 2.50. The van der Waals surface area contributed by atoms with E-state index in [4.69, 9.17) is 0 Å². The van der Waals surface area contributed by atoms with Crippen molar-refractivity contribution in [3.05, 3.63) is 35.4 Å². The molecule has 3 atom stereocenters. The summed E-state index contributed by atoms with van der Waals surface area (Å²) in [7, 11) is 0. The summed E-state index contributed by atoms with van der Waals surface area (Å²) in [5, 5.41) is 5.30. The second kappa shape index (κ2) is 4.57. The maximum atomic E-state index is 3.79. The maximum absolute atomic E-state index is 3.79. The van der Waals surface area contributed by atoms with Crippen LogP contribution in [0, 0.1) is 0 Å². The molecule has 1 nitrogen and oxygen atoms in total. The van der Waals surface area contributed by atoms with Crippen LogP contribution in [0.15, 0.2) is 24.3 Å². The molecule has 98 valence electrons. The van der Waals surface area contributed by atoms with Crippen LogP contribution in [0.1, 0.15) is 50.8 Å². The van der Waals surface area contributed by atoms with E-state index in [-0.39, 0.29) is 0 Å². The summed E-state index contributed by atoms with van der Waals surface area (Å²) in [5.74, 6) is 0. The van der Waals surface area contributed by atoms with Gasteiger partial charge in [0.15, 0.2) is 0 Å². The van der Waals surface area contributed by atoms with Crippen LogP contribution in [-0.2, 0) is 5.41 Å². The number of nitrogens with one attached hydrogen (secondary N) is 1. The van der Waals surface area contributed by atoms with Gasteiger partial charge in [-0.1, -0.05) is 45.0 Å². The van der Waals surface area contributed by atoms with Crippen LogP contribution >= 0.6 is 11.8 Å². The molecule has 0 aromatic heterocycles. The first-order chi connectivity index (χ1) is 8.58. The van der Waals surface area contributed by atoms with Crippen LogP contribution in [0.5, 0.6) is 0 Å². The van der Waals surface area contributed by atoms with Gasteiger partial charge in [-0.05, 0) is 35.9 Å². The van der Waals surface area contributed by atoms with Gasteiger partial charge in [0.05, 0.1) is 0 Å². The van der Waals surface area contributed by atoms with Crippen LogP contribution in [0.3, 0.4) is 0 Å². The first-order valence-corrected chi connectivity index (χ1v) is 8.00. The lowest BCUT2D eigenvalue weighted by molar-refractivity contribution is 0.373. The molecule has 1 N–H and O–H groups in total. The van der Waals surface area contributed by atoms with Crippen molar-refractivity contribution < 1.29 is 0 Å². The number of hydrogen-bond acceptors (Lipinski definition) is 2. The minimum Gasteiger partial charge on any atom is -0.309 e. The van der Waals surface area contributed by atoms with Gasteiger partial charge in [0.2, 0.25) is 0 Å². The Balaban J connectivity index is 2.04. The molecule has 1 saturated heterocycles. The van der Waals surface area contributed by atoms with Crippen molar-refractivity contribution in [3.63, 3.8) is 0 Å². The minimum atomic E-state index is 0.316. The fourth-order valence-electron chi connectivity index (χ4n) is 3.49. The highest BCUT2D eigenvalue weighted by atomic mass is 32.2. The molecule has 1 aromatic carbocycles. The molecule has 1 aliphatic heterocycles. The molecule has 0 saturated carbocycles. The van der Waals surface area contributed by atoms with Crippen LogP contribution in [0.25, 0.3) is 0 Å². The van der Waals surface area contributed by atoms with Crippen molar-refractivity contribution in [2.75, 3.05) is 6.54 Å². The van der Waals surface area contributed by atoms with Gasteiger partial charge in [-0.15, -0.1) is 0 Å². The van der Waals surface area contributed by atoms with E-state index < -0.39 is 0 Å². The summed E-state index contributed by atoms with van der Waals surface area (Å²) in [4.78, 5) is 0. The molecule has 3 unspecified atom stereocenters. The summed E-state index contributed by atoms with van der Waals surface area (Å²) in [6, 6.07) is 9.60. The Hall–Kier alpha value is -0.470. The second-order valence-corrected chi connectivity index (χ2v) is 8.06. The topological polar surface area (TPSA) is 12.0 Å². The van der Waals surface area contributed by atoms with Crippen molar-refractivity contribution >= 4 is 11.8 Å². The highest BCUT2D eigenvalue weighted by molar-refractivity contribution is 8.00. The molecule has 18 heavy (non-hydrogen) atoms. The molecule has 0 radical (unpaired) electrons. The Morgan fingerprint density at radius 1 is 1.28 bits per heavy atom. The Bertz CT molecular complexity index is 440. The van der Waals surface area contributed by atoms with Gasteiger partial charge in [-0.3, -0.25) is 0 Å². The van der Waals surface area contributed by atoms with E-state index in [1.54, 1.807) is 11.1 Å². The predicted molar refractivity (Wildman–Crippen MR) is 80.3 cm³/mol. The molecule has 0 bridgehead atoms. The summed E-state index contributed by atoms with van der Waals surface area (Å²) in [5.41, 5.74) is 3.41. The SMILES string of the molecule is CC1CCNC2c3ccccc3C(C)(C)CC2S1. The van der Waals surface area contributed by atoms with Crippen LogP contribution in [-0.4, -0.2) is 17.0 Å². The largest absolute Gasteiger partial charge is 0.309 e. The van der Waals surface area contributed by atoms with Crippen molar-refractivity contribution in [1.82, 2.24) is 5.32 Å². The second-order valence-electron chi connectivity index (χ2n) is 6.38. The molecule has 0 spiro atoms. The van der Waals surface area contributed by atoms with Crippen LogP contribution in [0.2, 0.25) is 0 Å². The van der Waals surface area contributed by atoms with Crippen molar-refractivity contribution in [2.24, 2.45) is 0 Å². The standard InChI is InChI=1S/C16H23NS/c1-11-8-9-17-15-12-6-4-5-7-13(12)16(2,3)10-14(15)18-11/h4-7,11,14-15,17H,8-10H2,1-3H3. The normalized spacial score (nSPS) is 34.3. The molecule has 2 heteroatoms. The molecule has 1 fully saturated rings. The summed E-state index contributed by atoms with van der Waals surface area (Å²) in [6.07, 6.45) is 2.58. The molecule has 3 rings (SSSR count). The van der Waals surface area contributed by atoms with Gasteiger partial charge in [0.25, 0.3) is 0 Å². The smallest absolute Gasteiger partial charge is 0.0443 e. The first kappa shape index (κ1) is 12.6. The van der Waals surface area contributed by atoms with E-state index in [1.807, 2.05) is 0 Å². The molecular formula is C16H23NS. The first-order valence-electron chi connectivity index (χ1n) is 7.06. The van der Waals surface area contributed by atoms with E-state index in [0.717, 1.165) is 17.0 Å². The number of benzene rings is 1. The zero-order valence-corrected chi connectivity index (χ0v) is 12.4. The van der Waals surface area contributed by atoms with Crippen molar-refractivity contribution in [3.8, 4) is 0 Å². The van der Waals surface area contributed by atoms with E-state index in [1.165, 1.54) is 12.8 Å². The third-order valence-electron chi connectivity index (χ3n) is 4.43. The molecule has 1 aliphatic carbocycles. The summed E-state index contributed by atoms with van der Waals surface area (Å²) < 4.78 is 0. The summed E-state index contributed by atoms with van der Waals surface area (Å²) >= 11 is 2.19. The quantitative estimate of drug-likeness (QED) is 0.760. The highest BCUT2D eigenvalue weighted by Crippen LogP contribution is 2.48. The fraction of sp³-hybridized carbons (Fsp3) is 0.625. The van der Waals surface area contributed by atoms with Gasteiger partial charge in [-0.25, -0.2) is 0 Å². The lowest BCUT2D eigenvalue weighted by atomic mass is 9.70. The van der Waals surface area contributed by atoms with E-state index in [0.29, 0.717) is 11.5 Å². The molecule has 1 heterocycles. The fourth-order valence-corrected chi connectivity index (χ4v) is 5.26. The Morgan fingerprint density at radius 2 is 2.06 bits per heavy atom. The molecule has 1 aromatic rings. The minimum absolute atomic E-state index is 0.316. The number of rotatable bonds is 0. The Labute approximate surface area is 115 Å². The Morgan fingerprint density at radius 3 is 2.89 bits per heavy atom. The van der Waals surface area contributed by atoms with Gasteiger partial charge >= 0.3 is 0 Å². The predicted octanol–water partition coefficient (Wildman–Crippen LogP) is 3.89. The van der Waals surface area contributed by atoms with Crippen molar-refractivity contribution in [1.29, 1.82) is 0 Å². The monoisotopic (exact) mass is 261 g/mol. The van der Waals surface area contributed by atoms with E-state index in [9.17, 15) is 0 Å². The van der Waals surface area contributed by atoms with Gasteiger partial charge in [-0.2, -0.15) is 11.8 Å². The lowest BCUT2D eigenvalue weighted by Gasteiger charge is -2.42. The number of hydrogen-bond donors (Lipinski definition) is 1. The Kier molecular flexibility index (Phi) is 3.19. The number of thioether (sulfide) groups is 1. The third kappa shape index (κ3) is 2.10.